The van der Waals surface area contributed by atoms with E-state index in [9.17, 15) is 9.59 Å². The molecule has 0 saturated carbocycles. The molecule has 1 N–H and O–H groups in total. The first-order valence-corrected chi connectivity index (χ1v) is 10.7. The Labute approximate surface area is 182 Å². The largest absolute Gasteiger partial charge is 0.449 e. The van der Waals surface area contributed by atoms with E-state index in [0.717, 1.165) is 30.5 Å². The predicted molar refractivity (Wildman–Crippen MR) is 118 cm³/mol. The number of aryl methyl sites for hydroxylation is 2. The summed E-state index contributed by atoms with van der Waals surface area (Å²) < 4.78 is 7.25. The molecule has 0 radical (unpaired) electrons. The molecule has 0 aliphatic heterocycles. The van der Waals surface area contributed by atoms with Gasteiger partial charge in [0.2, 0.25) is 0 Å². The van der Waals surface area contributed by atoms with E-state index in [4.69, 9.17) is 4.74 Å². The van der Waals surface area contributed by atoms with Crippen LogP contribution in [0.25, 0.3) is 5.69 Å². The van der Waals surface area contributed by atoms with Gasteiger partial charge in [0.25, 0.3) is 5.91 Å². The Hall–Kier alpha value is -3.41. The molecule has 4 rings (SSSR count). The average molecular weight is 418 g/mol. The van der Waals surface area contributed by atoms with Gasteiger partial charge in [-0.1, -0.05) is 42.5 Å². The van der Waals surface area contributed by atoms with E-state index in [-0.39, 0.29) is 11.9 Å². The third-order valence-corrected chi connectivity index (χ3v) is 5.84. The average Bonchev–Trinajstić information content (AvgIpc) is 3.08. The minimum absolute atomic E-state index is 0.0529. The number of benzene rings is 2. The second-order valence-electron chi connectivity index (χ2n) is 7.99. The Morgan fingerprint density at radius 3 is 2.58 bits per heavy atom. The zero-order chi connectivity index (χ0) is 22.0. The number of hydrogen-bond donors (Lipinski definition) is 1. The molecule has 0 saturated heterocycles. The summed E-state index contributed by atoms with van der Waals surface area (Å²) in [5.41, 5.74) is 4.93. The van der Waals surface area contributed by atoms with Crippen molar-refractivity contribution in [3.63, 3.8) is 0 Å². The lowest BCUT2D eigenvalue weighted by Crippen LogP contribution is -2.39. The van der Waals surface area contributed by atoms with Crippen LogP contribution in [0.3, 0.4) is 0 Å². The van der Waals surface area contributed by atoms with Gasteiger partial charge in [-0.15, -0.1) is 0 Å². The molecule has 6 nitrogen and oxygen atoms in total. The van der Waals surface area contributed by atoms with Crippen molar-refractivity contribution in [2.24, 2.45) is 0 Å². The summed E-state index contributed by atoms with van der Waals surface area (Å²) in [4.78, 5) is 25.7. The highest BCUT2D eigenvalue weighted by Gasteiger charge is 2.28. The minimum atomic E-state index is -0.902. The van der Waals surface area contributed by atoms with Crippen molar-refractivity contribution in [2.75, 3.05) is 0 Å². The van der Waals surface area contributed by atoms with Crippen LogP contribution >= 0.6 is 0 Å². The van der Waals surface area contributed by atoms with Crippen molar-refractivity contribution in [3.05, 3.63) is 82.7 Å². The summed E-state index contributed by atoms with van der Waals surface area (Å²) in [5.74, 6) is -0.829. The Morgan fingerprint density at radius 1 is 1.10 bits per heavy atom. The molecule has 1 amide bonds. The Kier molecular flexibility index (Phi) is 5.89. The maximum absolute atomic E-state index is 12.9. The summed E-state index contributed by atoms with van der Waals surface area (Å²) in [6.45, 7) is 5.20. The zero-order valence-electron chi connectivity index (χ0n) is 18.1. The van der Waals surface area contributed by atoms with Gasteiger partial charge in [-0.25, -0.2) is 9.48 Å². The lowest BCUT2D eigenvalue weighted by Gasteiger charge is -2.27. The van der Waals surface area contributed by atoms with Crippen LogP contribution in [0, 0.1) is 13.8 Å². The lowest BCUT2D eigenvalue weighted by molar-refractivity contribution is -0.130. The summed E-state index contributed by atoms with van der Waals surface area (Å²) in [7, 11) is 0. The number of esters is 1. The molecule has 1 heterocycles. The number of nitrogens with zero attached hydrogens (tertiary/aromatic N) is 2. The molecule has 2 aromatic carbocycles. The van der Waals surface area contributed by atoms with E-state index in [1.807, 2.05) is 49.4 Å². The predicted octanol–water partition coefficient (Wildman–Crippen LogP) is 4.23. The number of aromatic nitrogens is 2. The van der Waals surface area contributed by atoms with E-state index in [0.29, 0.717) is 17.0 Å². The van der Waals surface area contributed by atoms with E-state index < -0.39 is 12.1 Å². The highest BCUT2D eigenvalue weighted by molar-refractivity contribution is 5.94. The fraction of sp³-hybridized carbons (Fsp3) is 0.320. The Bertz CT molecular complexity index is 1100. The third kappa shape index (κ3) is 4.24. The molecule has 0 fully saturated rings. The number of para-hydroxylation sites is 1. The van der Waals surface area contributed by atoms with Crippen LogP contribution in [0.2, 0.25) is 0 Å². The van der Waals surface area contributed by atoms with Gasteiger partial charge in [-0.2, -0.15) is 5.10 Å². The second kappa shape index (κ2) is 8.76. The third-order valence-electron chi connectivity index (χ3n) is 5.84. The summed E-state index contributed by atoms with van der Waals surface area (Å²) in [5, 5.41) is 7.54. The number of nitrogens with one attached hydrogen (secondary N) is 1. The molecular formula is C25H27N3O3. The summed E-state index contributed by atoms with van der Waals surface area (Å²) in [6, 6.07) is 17.7. The molecule has 0 bridgehead atoms. The monoisotopic (exact) mass is 417 g/mol. The van der Waals surface area contributed by atoms with E-state index in [1.54, 1.807) is 18.5 Å². The molecular weight excluding hydrogens is 390 g/mol. The standard InChI is InChI=1S/C25H27N3O3/c1-16-23(17(2)28(27-16)20-12-5-4-6-13-20)25(30)31-18(3)24(29)26-22-15-9-11-19-10-7-8-14-21(19)22/h4-8,10,12-14,18,22H,9,11,15H2,1-3H3,(H,26,29)/t18-,22+/m0/s1. The number of amides is 1. The Morgan fingerprint density at radius 2 is 1.81 bits per heavy atom. The number of carbonyl (C=O) groups excluding carboxylic acids is 2. The van der Waals surface area contributed by atoms with Crippen LogP contribution < -0.4 is 5.32 Å². The number of rotatable bonds is 5. The van der Waals surface area contributed by atoms with Gasteiger partial charge in [0.1, 0.15) is 5.56 Å². The van der Waals surface area contributed by atoms with Gasteiger partial charge in [-0.3, -0.25) is 4.79 Å². The van der Waals surface area contributed by atoms with Crippen molar-refractivity contribution in [1.29, 1.82) is 0 Å². The van der Waals surface area contributed by atoms with E-state index in [1.165, 1.54) is 5.56 Å². The van der Waals surface area contributed by atoms with Crippen LogP contribution in [-0.4, -0.2) is 27.8 Å². The maximum Gasteiger partial charge on any atom is 0.342 e. The van der Waals surface area contributed by atoms with Gasteiger partial charge in [-0.05, 0) is 63.3 Å². The molecule has 0 unspecified atom stereocenters. The molecule has 160 valence electrons. The molecule has 1 aliphatic rings. The molecule has 31 heavy (non-hydrogen) atoms. The quantitative estimate of drug-likeness (QED) is 0.631. The first-order chi connectivity index (χ1) is 15.0. The van der Waals surface area contributed by atoms with E-state index in [2.05, 4.69) is 22.5 Å². The highest BCUT2D eigenvalue weighted by Crippen LogP contribution is 2.29. The molecule has 1 aromatic heterocycles. The highest BCUT2D eigenvalue weighted by atomic mass is 16.5. The molecule has 2 atom stereocenters. The second-order valence-corrected chi connectivity index (χ2v) is 7.99. The Balaban J connectivity index is 1.46. The SMILES string of the molecule is Cc1nn(-c2ccccc2)c(C)c1C(=O)O[C@@H](C)C(=O)N[C@@H]1CCCc2ccccc21. The van der Waals surface area contributed by atoms with Gasteiger partial charge >= 0.3 is 5.97 Å². The van der Waals surface area contributed by atoms with Crippen LogP contribution in [0.15, 0.2) is 54.6 Å². The summed E-state index contributed by atoms with van der Waals surface area (Å²) >= 11 is 0. The zero-order valence-corrected chi connectivity index (χ0v) is 18.1. The lowest BCUT2D eigenvalue weighted by atomic mass is 9.87. The van der Waals surface area contributed by atoms with Crippen LogP contribution in [0.1, 0.15) is 58.7 Å². The number of fused-ring (bicyclic) bond motifs is 1. The fourth-order valence-electron chi connectivity index (χ4n) is 4.22. The molecule has 1 aliphatic carbocycles. The van der Waals surface area contributed by atoms with Crippen molar-refractivity contribution in [2.45, 2.75) is 52.2 Å². The van der Waals surface area contributed by atoms with Gasteiger partial charge in [0.15, 0.2) is 6.10 Å². The van der Waals surface area contributed by atoms with Crippen molar-refractivity contribution < 1.29 is 14.3 Å². The van der Waals surface area contributed by atoms with Gasteiger partial charge < -0.3 is 10.1 Å². The smallest absolute Gasteiger partial charge is 0.342 e. The summed E-state index contributed by atoms with van der Waals surface area (Å²) in [6.07, 6.45) is 2.02. The first-order valence-electron chi connectivity index (χ1n) is 10.7. The molecule has 6 heteroatoms. The number of hydrogen-bond acceptors (Lipinski definition) is 4. The molecule has 0 spiro atoms. The van der Waals surface area contributed by atoms with Gasteiger partial charge in [0, 0.05) is 0 Å². The van der Waals surface area contributed by atoms with E-state index >= 15 is 0 Å². The fourth-order valence-corrected chi connectivity index (χ4v) is 4.22. The topological polar surface area (TPSA) is 73.2 Å². The van der Waals surface area contributed by atoms with Gasteiger partial charge in [0.05, 0.1) is 23.1 Å². The normalized spacial score (nSPS) is 16.3. The van der Waals surface area contributed by atoms with Crippen molar-refractivity contribution in [3.8, 4) is 5.69 Å². The number of ether oxygens (including phenoxy) is 1. The molecule has 3 aromatic rings. The number of carbonyl (C=O) groups is 2. The van der Waals surface area contributed by atoms with Crippen LogP contribution in [-0.2, 0) is 16.0 Å². The van der Waals surface area contributed by atoms with Crippen LogP contribution in [0.4, 0.5) is 0 Å². The minimum Gasteiger partial charge on any atom is -0.449 e. The maximum atomic E-state index is 12.9. The van der Waals surface area contributed by atoms with Crippen molar-refractivity contribution >= 4 is 11.9 Å². The van der Waals surface area contributed by atoms with Crippen LogP contribution in [0.5, 0.6) is 0 Å². The van der Waals surface area contributed by atoms with Crippen molar-refractivity contribution in [1.82, 2.24) is 15.1 Å². The first kappa shape index (κ1) is 20.8.